The van der Waals surface area contributed by atoms with Crippen LogP contribution in [0.2, 0.25) is 0 Å². The number of anilines is 1. The van der Waals surface area contributed by atoms with Crippen LogP contribution in [0.1, 0.15) is 30.0 Å². The van der Waals surface area contributed by atoms with Crippen LogP contribution in [0.4, 0.5) is 5.95 Å². The zero-order valence-electron chi connectivity index (χ0n) is 15.3. The van der Waals surface area contributed by atoms with Crippen LogP contribution in [0, 0.1) is 0 Å². The summed E-state index contributed by atoms with van der Waals surface area (Å²) in [5.41, 5.74) is 3.63. The van der Waals surface area contributed by atoms with Gasteiger partial charge in [0.05, 0.1) is 5.92 Å². The Bertz CT molecular complexity index is 959. The molecule has 3 aromatic rings. The average Bonchev–Trinajstić information content (AvgIpc) is 3.13. The van der Waals surface area contributed by atoms with E-state index in [0.717, 1.165) is 62.6 Å². The highest BCUT2D eigenvalue weighted by atomic mass is 16.2. The number of carbonyl (C=O) groups is 1. The summed E-state index contributed by atoms with van der Waals surface area (Å²) >= 11 is 0. The maximum atomic E-state index is 13.3. The number of hydrogen-bond acceptors (Lipinski definition) is 4. The summed E-state index contributed by atoms with van der Waals surface area (Å²) in [7, 11) is 0. The van der Waals surface area contributed by atoms with Crippen molar-refractivity contribution in [3.8, 4) is 0 Å². The number of amides is 1. The zero-order valence-corrected chi connectivity index (χ0v) is 15.3. The number of H-pyrrole nitrogens is 1. The molecule has 1 aliphatic carbocycles. The van der Waals surface area contributed by atoms with Crippen molar-refractivity contribution < 1.29 is 4.79 Å². The van der Waals surface area contributed by atoms with E-state index in [1.807, 2.05) is 17.0 Å². The molecule has 0 bridgehead atoms. The summed E-state index contributed by atoms with van der Waals surface area (Å²) in [6, 6.07) is 10.2. The van der Waals surface area contributed by atoms with E-state index in [4.69, 9.17) is 0 Å². The molecule has 1 fully saturated rings. The van der Waals surface area contributed by atoms with Crippen molar-refractivity contribution in [3.05, 3.63) is 54.0 Å². The quantitative estimate of drug-likeness (QED) is 0.762. The Hall–Kier alpha value is -2.89. The van der Waals surface area contributed by atoms with Crippen LogP contribution in [0.5, 0.6) is 0 Å². The van der Waals surface area contributed by atoms with Gasteiger partial charge in [-0.05, 0) is 37.0 Å². The predicted octanol–water partition coefficient (Wildman–Crippen LogP) is 2.73. The minimum absolute atomic E-state index is 0.0410. The van der Waals surface area contributed by atoms with Gasteiger partial charge in [-0.15, -0.1) is 0 Å². The van der Waals surface area contributed by atoms with Crippen molar-refractivity contribution in [2.24, 2.45) is 0 Å². The molecule has 1 atom stereocenters. The van der Waals surface area contributed by atoms with Crippen molar-refractivity contribution in [1.82, 2.24) is 19.9 Å². The van der Waals surface area contributed by atoms with Gasteiger partial charge in [-0.25, -0.2) is 9.97 Å². The first-order valence-corrected chi connectivity index (χ1v) is 9.71. The van der Waals surface area contributed by atoms with E-state index in [-0.39, 0.29) is 11.8 Å². The second-order valence-electron chi connectivity index (χ2n) is 7.37. The lowest BCUT2D eigenvalue weighted by Gasteiger charge is -2.37. The molecule has 27 heavy (non-hydrogen) atoms. The number of fused-ring (bicyclic) bond motifs is 3. The molecule has 6 nitrogen and oxygen atoms in total. The molecule has 2 aromatic heterocycles. The average molecular weight is 361 g/mol. The summed E-state index contributed by atoms with van der Waals surface area (Å²) < 4.78 is 0. The van der Waals surface area contributed by atoms with E-state index in [0.29, 0.717) is 0 Å². The summed E-state index contributed by atoms with van der Waals surface area (Å²) in [6.07, 6.45) is 6.59. The molecule has 0 saturated carbocycles. The lowest BCUT2D eigenvalue weighted by molar-refractivity contribution is -0.133. The fourth-order valence-electron chi connectivity index (χ4n) is 4.46. The van der Waals surface area contributed by atoms with Crippen molar-refractivity contribution in [3.63, 3.8) is 0 Å². The highest BCUT2D eigenvalue weighted by Crippen LogP contribution is 2.37. The highest BCUT2D eigenvalue weighted by Gasteiger charge is 2.33. The van der Waals surface area contributed by atoms with Gasteiger partial charge in [0.2, 0.25) is 11.9 Å². The van der Waals surface area contributed by atoms with Crippen LogP contribution in [-0.4, -0.2) is 51.9 Å². The molecule has 1 amide bonds. The van der Waals surface area contributed by atoms with Crippen LogP contribution in [0.25, 0.3) is 10.9 Å². The molecule has 3 heterocycles. The number of carbonyl (C=O) groups excluding carboxylic acids is 1. The molecule has 0 spiro atoms. The standard InChI is InChI=1S/C21H23N5O/c27-20(25-11-13-26(14-12-25)21-22-9-4-10-23-21)17-7-3-6-16-15-5-1-2-8-18(15)24-19(16)17/h1-2,4-5,8-10,17,24H,3,6-7,11-14H2/t17-/m0/s1. The lowest BCUT2D eigenvalue weighted by Crippen LogP contribution is -2.50. The van der Waals surface area contributed by atoms with Crippen LogP contribution in [0.15, 0.2) is 42.7 Å². The first-order valence-electron chi connectivity index (χ1n) is 9.71. The topological polar surface area (TPSA) is 65.1 Å². The van der Waals surface area contributed by atoms with Gasteiger partial charge in [0, 0.05) is 55.2 Å². The maximum Gasteiger partial charge on any atom is 0.231 e. The lowest BCUT2D eigenvalue weighted by atomic mass is 9.85. The molecular weight excluding hydrogens is 338 g/mol. The Morgan fingerprint density at radius 2 is 1.81 bits per heavy atom. The van der Waals surface area contributed by atoms with Gasteiger partial charge in [-0.1, -0.05) is 18.2 Å². The Balaban J connectivity index is 1.34. The molecule has 1 saturated heterocycles. The molecule has 5 rings (SSSR count). The van der Waals surface area contributed by atoms with Crippen molar-refractivity contribution >= 4 is 22.8 Å². The van der Waals surface area contributed by atoms with E-state index in [1.54, 1.807) is 12.4 Å². The van der Waals surface area contributed by atoms with Crippen molar-refractivity contribution in [2.75, 3.05) is 31.1 Å². The van der Waals surface area contributed by atoms with E-state index in [9.17, 15) is 4.79 Å². The normalized spacial score (nSPS) is 19.9. The Morgan fingerprint density at radius 3 is 2.63 bits per heavy atom. The van der Waals surface area contributed by atoms with Crippen molar-refractivity contribution in [1.29, 1.82) is 0 Å². The molecule has 0 unspecified atom stereocenters. The summed E-state index contributed by atoms with van der Waals surface area (Å²) in [4.78, 5) is 29.7. The SMILES string of the molecule is O=C([C@H]1CCCc2c1[nH]c1ccccc21)N1CCN(c2ncccn2)CC1. The van der Waals surface area contributed by atoms with Gasteiger partial charge in [-0.2, -0.15) is 0 Å². The number of aryl methyl sites for hydroxylation is 1. The molecular formula is C21H23N5O. The van der Waals surface area contributed by atoms with Gasteiger partial charge in [0.1, 0.15) is 0 Å². The van der Waals surface area contributed by atoms with Crippen LogP contribution >= 0.6 is 0 Å². The first kappa shape index (κ1) is 16.3. The number of aromatic nitrogens is 3. The highest BCUT2D eigenvalue weighted by molar-refractivity contribution is 5.90. The number of para-hydroxylation sites is 1. The van der Waals surface area contributed by atoms with E-state index < -0.39 is 0 Å². The van der Waals surface area contributed by atoms with Gasteiger partial charge in [-0.3, -0.25) is 4.79 Å². The summed E-state index contributed by atoms with van der Waals surface area (Å²) in [6.45, 7) is 3.01. The van der Waals surface area contributed by atoms with Crippen LogP contribution in [-0.2, 0) is 11.2 Å². The minimum Gasteiger partial charge on any atom is -0.357 e. The van der Waals surface area contributed by atoms with E-state index in [1.165, 1.54) is 10.9 Å². The number of hydrogen-bond donors (Lipinski definition) is 1. The smallest absolute Gasteiger partial charge is 0.231 e. The third-order valence-corrected chi connectivity index (χ3v) is 5.84. The van der Waals surface area contributed by atoms with Gasteiger partial charge >= 0.3 is 0 Å². The van der Waals surface area contributed by atoms with E-state index in [2.05, 4.69) is 38.1 Å². The van der Waals surface area contributed by atoms with Crippen LogP contribution in [0.3, 0.4) is 0 Å². The fraction of sp³-hybridized carbons (Fsp3) is 0.381. The third kappa shape index (κ3) is 2.85. The number of benzene rings is 1. The number of rotatable bonds is 2. The number of aromatic amines is 1. The summed E-state index contributed by atoms with van der Waals surface area (Å²) in [5, 5.41) is 1.27. The van der Waals surface area contributed by atoms with Gasteiger partial charge in [0.25, 0.3) is 0 Å². The first-order chi connectivity index (χ1) is 13.3. The Morgan fingerprint density at radius 1 is 1.04 bits per heavy atom. The van der Waals surface area contributed by atoms with Crippen molar-refractivity contribution in [2.45, 2.75) is 25.2 Å². The maximum absolute atomic E-state index is 13.3. The zero-order chi connectivity index (χ0) is 18.2. The third-order valence-electron chi connectivity index (χ3n) is 5.84. The Kier molecular flexibility index (Phi) is 4.03. The fourth-order valence-corrected chi connectivity index (χ4v) is 4.46. The number of nitrogens with zero attached hydrogens (tertiary/aromatic N) is 4. The number of piperazine rings is 1. The molecule has 2 aliphatic rings. The molecule has 1 aliphatic heterocycles. The minimum atomic E-state index is -0.0410. The van der Waals surface area contributed by atoms with Gasteiger partial charge in [0.15, 0.2) is 0 Å². The monoisotopic (exact) mass is 361 g/mol. The predicted molar refractivity (Wildman–Crippen MR) is 105 cm³/mol. The van der Waals surface area contributed by atoms with Gasteiger partial charge < -0.3 is 14.8 Å². The van der Waals surface area contributed by atoms with E-state index >= 15 is 0 Å². The second-order valence-corrected chi connectivity index (χ2v) is 7.37. The number of nitrogens with one attached hydrogen (secondary N) is 1. The molecule has 0 radical (unpaired) electrons. The molecule has 6 heteroatoms. The van der Waals surface area contributed by atoms with Crippen LogP contribution < -0.4 is 4.90 Å². The second kappa shape index (κ2) is 6.68. The Labute approximate surface area is 158 Å². The largest absolute Gasteiger partial charge is 0.357 e. The molecule has 138 valence electrons. The summed E-state index contributed by atoms with van der Waals surface area (Å²) in [5.74, 6) is 0.969. The molecule has 1 aromatic carbocycles. The molecule has 1 N–H and O–H groups in total.